The van der Waals surface area contributed by atoms with Gasteiger partial charge < -0.3 is 10.5 Å². The van der Waals surface area contributed by atoms with Gasteiger partial charge in [0.15, 0.2) is 0 Å². The van der Waals surface area contributed by atoms with E-state index in [0.717, 1.165) is 16.0 Å². The van der Waals surface area contributed by atoms with E-state index in [0.29, 0.717) is 17.2 Å². The highest BCUT2D eigenvalue weighted by Gasteiger charge is 2.20. The summed E-state index contributed by atoms with van der Waals surface area (Å²) in [4.78, 5) is 17.3. The number of carbonyl (C=O) groups excluding carboxylic acids is 1. The molecule has 5 heteroatoms. The lowest BCUT2D eigenvalue weighted by molar-refractivity contribution is 0.0533. The third-order valence-corrected chi connectivity index (χ3v) is 3.91. The first-order valence-electron chi connectivity index (χ1n) is 5.61. The molecular formula is C13H14N2O2S. The number of nitrogens with zero attached hydrogens (tertiary/aromatic N) is 1. The molecule has 94 valence electrons. The van der Waals surface area contributed by atoms with Gasteiger partial charge in [0.2, 0.25) is 0 Å². The monoisotopic (exact) mass is 262 g/mol. The Hall–Kier alpha value is -1.88. The molecule has 0 unspecified atom stereocenters. The minimum atomic E-state index is -0.363. The maximum atomic E-state index is 11.8. The molecule has 0 saturated carbocycles. The minimum Gasteiger partial charge on any atom is -0.462 e. The molecule has 2 N–H and O–H groups in total. The van der Waals surface area contributed by atoms with Gasteiger partial charge in [0.1, 0.15) is 4.88 Å². The van der Waals surface area contributed by atoms with Crippen molar-refractivity contribution in [2.75, 3.05) is 12.3 Å². The number of aromatic nitrogens is 1. The maximum Gasteiger partial charge on any atom is 0.350 e. The van der Waals surface area contributed by atoms with Gasteiger partial charge in [-0.25, -0.2) is 4.79 Å². The largest absolute Gasteiger partial charge is 0.462 e. The number of nitrogens with two attached hydrogens (primary N) is 1. The molecule has 4 nitrogen and oxygen atoms in total. The molecule has 0 spiro atoms. The Bertz CT molecular complexity index is 564. The fourth-order valence-electron chi connectivity index (χ4n) is 1.65. The van der Waals surface area contributed by atoms with Gasteiger partial charge in [-0.05, 0) is 25.5 Å². The molecular weight excluding hydrogens is 248 g/mol. The zero-order chi connectivity index (χ0) is 13.1. The van der Waals surface area contributed by atoms with Gasteiger partial charge in [-0.1, -0.05) is 6.07 Å². The molecule has 2 aromatic heterocycles. The van der Waals surface area contributed by atoms with Crippen molar-refractivity contribution in [2.24, 2.45) is 0 Å². The fraction of sp³-hybridized carbons (Fsp3) is 0.231. The van der Waals surface area contributed by atoms with E-state index in [-0.39, 0.29) is 5.97 Å². The minimum absolute atomic E-state index is 0.345. The van der Waals surface area contributed by atoms with Crippen LogP contribution in [0.1, 0.15) is 22.2 Å². The number of pyridine rings is 1. The third-order valence-electron chi connectivity index (χ3n) is 2.58. The van der Waals surface area contributed by atoms with Crippen molar-refractivity contribution in [3.05, 3.63) is 35.0 Å². The van der Waals surface area contributed by atoms with E-state index in [1.165, 1.54) is 11.3 Å². The number of thiophene rings is 1. The second kappa shape index (κ2) is 5.18. The van der Waals surface area contributed by atoms with Crippen LogP contribution in [0, 0.1) is 6.92 Å². The Labute approximate surface area is 109 Å². The number of rotatable bonds is 3. The van der Waals surface area contributed by atoms with E-state index >= 15 is 0 Å². The summed E-state index contributed by atoms with van der Waals surface area (Å²) in [5.41, 5.74) is 8.32. The lowest BCUT2D eigenvalue weighted by Crippen LogP contribution is -2.05. The Morgan fingerprint density at radius 1 is 1.56 bits per heavy atom. The van der Waals surface area contributed by atoms with E-state index in [2.05, 4.69) is 4.98 Å². The van der Waals surface area contributed by atoms with Gasteiger partial charge in [0, 0.05) is 22.8 Å². The highest BCUT2D eigenvalue weighted by Crippen LogP contribution is 2.38. The normalized spacial score (nSPS) is 10.3. The number of hydrogen-bond donors (Lipinski definition) is 1. The molecule has 0 bridgehead atoms. The van der Waals surface area contributed by atoms with E-state index in [1.54, 1.807) is 19.3 Å². The molecule has 0 aromatic carbocycles. The van der Waals surface area contributed by atoms with Crippen LogP contribution in [0.3, 0.4) is 0 Å². The van der Waals surface area contributed by atoms with Gasteiger partial charge in [0.25, 0.3) is 0 Å². The summed E-state index contributed by atoms with van der Waals surface area (Å²) in [6.45, 7) is 4.02. The lowest BCUT2D eigenvalue weighted by Gasteiger charge is -1.99. The molecule has 2 aromatic rings. The van der Waals surface area contributed by atoms with Crippen LogP contribution in [0.2, 0.25) is 0 Å². The Morgan fingerprint density at radius 3 is 2.94 bits per heavy atom. The van der Waals surface area contributed by atoms with Crippen molar-refractivity contribution in [3.8, 4) is 10.4 Å². The second-order valence-corrected chi connectivity index (χ2v) is 4.78. The topological polar surface area (TPSA) is 65.2 Å². The molecule has 0 amide bonds. The molecule has 0 fully saturated rings. The van der Waals surface area contributed by atoms with Gasteiger partial charge in [-0.2, -0.15) is 0 Å². The Kier molecular flexibility index (Phi) is 3.62. The quantitative estimate of drug-likeness (QED) is 0.864. The molecule has 0 aliphatic carbocycles. The van der Waals surface area contributed by atoms with Crippen molar-refractivity contribution in [3.63, 3.8) is 0 Å². The van der Waals surface area contributed by atoms with Crippen molar-refractivity contribution in [2.45, 2.75) is 13.8 Å². The second-order valence-electron chi connectivity index (χ2n) is 3.76. The van der Waals surface area contributed by atoms with Gasteiger partial charge in [-0.3, -0.25) is 4.98 Å². The standard InChI is InChI=1S/C13H14N2O2S/c1-3-17-13(16)12-10(14)8(2)11(18-12)9-5-4-6-15-7-9/h4-7H,3,14H2,1-2H3. The number of anilines is 1. The summed E-state index contributed by atoms with van der Waals surface area (Å²) in [5, 5.41) is 0. The Balaban J connectivity index is 2.46. The maximum absolute atomic E-state index is 11.8. The van der Waals surface area contributed by atoms with Crippen molar-refractivity contribution < 1.29 is 9.53 Å². The molecule has 0 saturated heterocycles. The highest BCUT2D eigenvalue weighted by molar-refractivity contribution is 7.18. The lowest BCUT2D eigenvalue weighted by atomic mass is 10.1. The predicted molar refractivity (Wildman–Crippen MR) is 72.7 cm³/mol. The van der Waals surface area contributed by atoms with Crippen LogP contribution in [0.25, 0.3) is 10.4 Å². The third kappa shape index (κ3) is 2.22. The average molecular weight is 262 g/mol. The summed E-state index contributed by atoms with van der Waals surface area (Å²) < 4.78 is 4.99. The number of ether oxygens (including phenoxy) is 1. The van der Waals surface area contributed by atoms with Crippen molar-refractivity contribution in [1.82, 2.24) is 4.98 Å². The summed E-state index contributed by atoms with van der Waals surface area (Å²) in [6.07, 6.45) is 3.47. The van der Waals surface area contributed by atoms with Crippen LogP contribution in [-0.2, 0) is 4.74 Å². The molecule has 2 rings (SSSR count). The first kappa shape index (κ1) is 12.6. The first-order valence-corrected chi connectivity index (χ1v) is 6.43. The average Bonchev–Trinajstić information content (AvgIpc) is 2.68. The number of nitrogen functional groups attached to an aromatic ring is 1. The molecule has 0 radical (unpaired) electrons. The molecule has 0 atom stereocenters. The van der Waals surface area contributed by atoms with Crippen molar-refractivity contribution in [1.29, 1.82) is 0 Å². The zero-order valence-corrected chi connectivity index (χ0v) is 11.1. The molecule has 18 heavy (non-hydrogen) atoms. The van der Waals surface area contributed by atoms with Gasteiger partial charge >= 0.3 is 5.97 Å². The van der Waals surface area contributed by atoms with E-state index in [1.807, 2.05) is 19.1 Å². The molecule has 0 aliphatic heterocycles. The van der Waals surface area contributed by atoms with Gasteiger partial charge in [-0.15, -0.1) is 11.3 Å². The van der Waals surface area contributed by atoms with Crippen LogP contribution in [0.5, 0.6) is 0 Å². The summed E-state index contributed by atoms with van der Waals surface area (Å²) in [7, 11) is 0. The van der Waals surface area contributed by atoms with Crippen LogP contribution in [0.4, 0.5) is 5.69 Å². The first-order chi connectivity index (χ1) is 8.65. The summed E-state index contributed by atoms with van der Waals surface area (Å²) >= 11 is 1.35. The summed E-state index contributed by atoms with van der Waals surface area (Å²) in [5.74, 6) is -0.363. The van der Waals surface area contributed by atoms with Gasteiger partial charge in [0.05, 0.1) is 12.3 Å². The van der Waals surface area contributed by atoms with Crippen molar-refractivity contribution >= 4 is 23.0 Å². The SMILES string of the molecule is CCOC(=O)c1sc(-c2cccnc2)c(C)c1N. The van der Waals surface area contributed by atoms with Crippen LogP contribution < -0.4 is 5.73 Å². The predicted octanol–water partition coefficient (Wildman–Crippen LogP) is 2.88. The zero-order valence-electron chi connectivity index (χ0n) is 10.3. The fourth-order valence-corrected chi connectivity index (χ4v) is 2.76. The molecule has 2 heterocycles. The van der Waals surface area contributed by atoms with E-state index < -0.39 is 0 Å². The number of esters is 1. The van der Waals surface area contributed by atoms with E-state index in [4.69, 9.17) is 10.5 Å². The molecule has 0 aliphatic rings. The van der Waals surface area contributed by atoms with Crippen LogP contribution in [0.15, 0.2) is 24.5 Å². The van der Waals surface area contributed by atoms with Crippen LogP contribution in [-0.4, -0.2) is 17.6 Å². The summed E-state index contributed by atoms with van der Waals surface area (Å²) in [6, 6.07) is 3.80. The number of carbonyl (C=O) groups is 1. The number of hydrogen-bond acceptors (Lipinski definition) is 5. The van der Waals surface area contributed by atoms with Crippen LogP contribution >= 0.6 is 11.3 Å². The Morgan fingerprint density at radius 2 is 2.33 bits per heavy atom. The van der Waals surface area contributed by atoms with E-state index in [9.17, 15) is 4.79 Å². The highest BCUT2D eigenvalue weighted by atomic mass is 32.1. The smallest absolute Gasteiger partial charge is 0.350 e.